The zero-order valence-electron chi connectivity index (χ0n) is 14.2. The quantitative estimate of drug-likeness (QED) is 0.478. The highest BCUT2D eigenvalue weighted by atomic mass is 32.2. The normalized spacial score (nSPS) is 11.1. The van der Waals surface area contributed by atoms with Crippen LogP contribution >= 0.6 is 11.8 Å². The van der Waals surface area contributed by atoms with Crippen molar-refractivity contribution < 1.29 is 0 Å². The third kappa shape index (κ3) is 3.54. The van der Waals surface area contributed by atoms with Crippen LogP contribution in [0.25, 0.3) is 10.9 Å². The van der Waals surface area contributed by atoms with Gasteiger partial charge in [0.05, 0.1) is 10.9 Å². The summed E-state index contributed by atoms with van der Waals surface area (Å²) in [6, 6.07) is 16.0. The Hall–Kier alpha value is -2.07. The molecule has 0 unspecified atom stereocenters. The Morgan fingerprint density at radius 3 is 2.62 bits per heavy atom. The van der Waals surface area contributed by atoms with Crippen LogP contribution in [0, 0.1) is 6.92 Å². The van der Waals surface area contributed by atoms with E-state index in [9.17, 15) is 4.79 Å². The van der Waals surface area contributed by atoms with E-state index in [4.69, 9.17) is 4.98 Å². The van der Waals surface area contributed by atoms with Gasteiger partial charge < -0.3 is 0 Å². The van der Waals surface area contributed by atoms with Gasteiger partial charge in [-0.1, -0.05) is 61.5 Å². The highest BCUT2D eigenvalue weighted by molar-refractivity contribution is 7.98. The van der Waals surface area contributed by atoms with Crippen LogP contribution in [0.1, 0.15) is 30.9 Å². The fraction of sp³-hybridized carbons (Fsp3) is 0.300. The second-order valence-electron chi connectivity index (χ2n) is 5.94. The first-order valence-corrected chi connectivity index (χ1v) is 9.36. The molecule has 3 rings (SSSR count). The molecule has 0 atom stereocenters. The van der Waals surface area contributed by atoms with Gasteiger partial charge in [0, 0.05) is 12.3 Å². The number of para-hydroxylation sites is 1. The first-order chi connectivity index (χ1) is 11.7. The summed E-state index contributed by atoms with van der Waals surface area (Å²) in [5.74, 6) is 0.823. The Labute approximate surface area is 146 Å². The molecule has 4 heteroatoms. The standard InChI is InChI=1S/C20H22N2OS/c1-3-4-13-22-19(23)17-11-7-8-12-18(17)21-20(22)24-14-16-10-6-5-9-15(16)2/h5-12H,3-4,13-14H2,1-2H3. The number of hydrogen-bond acceptors (Lipinski definition) is 3. The average molecular weight is 338 g/mol. The van der Waals surface area contributed by atoms with Crippen LogP contribution in [0.15, 0.2) is 58.5 Å². The summed E-state index contributed by atoms with van der Waals surface area (Å²) in [7, 11) is 0. The van der Waals surface area contributed by atoms with Gasteiger partial charge in [-0.3, -0.25) is 9.36 Å². The SMILES string of the molecule is CCCCn1c(SCc2ccccc2C)nc2ccccc2c1=O. The molecule has 0 radical (unpaired) electrons. The van der Waals surface area contributed by atoms with Crippen molar-refractivity contribution in [3.05, 3.63) is 70.0 Å². The van der Waals surface area contributed by atoms with E-state index in [0.29, 0.717) is 5.39 Å². The van der Waals surface area contributed by atoms with Crippen molar-refractivity contribution in [3.63, 3.8) is 0 Å². The van der Waals surface area contributed by atoms with Crippen LogP contribution in [0.5, 0.6) is 0 Å². The van der Waals surface area contributed by atoms with E-state index in [0.717, 1.165) is 35.8 Å². The number of aryl methyl sites for hydroxylation is 1. The molecule has 24 heavy (non-hydrogen) atoms. The molecule has 0 aliphatic rings. The van der Waals surface area contributed by atoms with Gasteiger partial charge in [-0.05, 0) is 36.6 Å². The lowest BCUT2D eigenvalue weighted by atomic mass is 10.1. The van der Waals surface area contributed by atoms with Gasteiger partial charge in [0.15, 0.2) is 5.16 Å². The monoisotopic (exact) mass is 338 g/mol. The minimum absolute atomic E-state index is 0.0707. The minimum Gasteiger partial charge on any atom is -0.287 e. The van der Waals surface area contributed by atoms with Gasteiger partial charge in [-0.15, -0.1) is 0 Å². The third-order valence-electron chi connectivity index (χ3n) is 4.18. The van der Waals surface area contributed by atoms with E-state index in [1.165, 1.54) is 11.1 Å². The van der Waals surface area contributed by atoms with Gasteiger partial charge in [0.1, 0.15) is 0 Å². The molecule has 0 saturated heterocycles. The van der Waals surface area contributed by atoms with E-state index in [2.05, 4.69) is 38.1 Å². The van der Waals surface area contributed by atoms with Crippen LogP contribution < -0.4 is 5.56 Å². The number of thioether (sulfide) groups is 1. The maximum absolute atomic E-state index is 12.8. The van der Waals surface area contributed by atoms with Gasteiger partial charge in [0.25, 0.3) is 5.56 Å². The van der Waals surface area contributed by atoms with Crippen molar-refractivity contribution in [3.8, 4) is 0 Å². The molecular weight excluding hydrogens is 316 g/mol. The van der Waals surface area contributed by atoms with E-state index >= 15 is 0 Å². The molecule has 0 amide bonds. The number of rotatable bonds is 6. The molecule has 0 bridgehead atoms. The predicted octanol–water partition coefficient (Wildman–Crippen LogP) is 4.80. The Bertz CT molecular complexity index is 902. The first-order valence-electron chi connectivity index (χ1n) is 8.37. The molecule has 1 heterocycles. The number of aromatic nitrogens is 2. The molecule has 0 aliphatic carbocycles. The lowest BCUT2D eigenvalue weighted by molar-refractivity contribution is 0.557. The van der Waals surface area contributed by atoms with Crippen LogP contribution in [-0.4, -0.2) is 9.55 Å². The molecule has 3 nitrogen and oxygen atoms in total. The van der Waals surface area contributed by atoms with Crippen LogP contribution in [-0.2, 0) is 12.3 Å². The average Bonchev–Trinajstić information content (AvgIpc) is 2.60. The fourth-order valence-electron chi connectivity index (χ4n) is 2.69. The number of hydrogen-bond donors (Lipinski definition) is 0. The number of unbranched alkanes of at least 4 members (excludes halogenated alkanes) is 1. The van der Waals surface area contributed by atoms with Crippen LogP contribution in [0.3, 0.4) is 0 Å². The van der Waals surface area contributed by atoms with E-state index in [1.807, 2.05) is 28.8 Å². The van der Waals surface area contributed by atoms with E-state index in [-0.39, 0.29) is 5.56 Å². The molecule has 3 aromatic rings. The zero-order valence-corrected chi connectivity index (χ0v) is 15.0. The van der Waals surface area contributed by atoms with Gasteiger partial charge in [-0.2, -0.15) is 0 Å². The maximum atomic E-state index is 12.8. The largest absolute Gasteiger partial charge is 0.287 e. The van der Waals surface area contributed by atoms with Crippen LogP contribution in [0.4, 0.5) is 0 Å². The fourth-order valence-corrected chi connectivity index (χ4v) is 3.79. The Morgan fingerprint density at radius 2 is 1.83 bits per heavy atom. The lowest BCUT2D eigenvalue weighted by Gasteiger charge is -2.13. The molecule has 0 spiro atoms. The molecular formula is C20H22N2OS. The summed E-state index contributed by atoms with van der Waals surface area (Å²) in [5, 5.41) is 1.52. The molecule has 124 valence electrons. The summed E-state index contributed by atoms with van der Waals surface area (Å²) in [4.78, 5) is 17.6. The maximum Gasteiger partial charge on any atom is 0.262 e. The number of benzene rings is 2. The van der Waals surface area contributed by atoms with Crippen molar-refractivity contribution >= 4 is 22.7 Å². The van der Waals surface area contributed by atoms with Gasteiger partial charge >= 0.3 is 0 Å². The molecule has 0 fully saturated rings. The topological polar surface area (TPSA) is 34.9 Å². The smallest absolute Gasteiger partial charge is 0.262 e. The van der Waals surface area contributed by atoms with Crippen molar-refractivity contribution in [2.75, 3.05) is 0 Å². The Kier molecular flexibility index (Phi) is 5.36. The summed E-state index contributed by atoms with van der Waals surface area (Å²) in [6.07, 6.45) is 2.04. The molecule has 0 aliphatic heterocycles. The summed E-state index contributed by atoms with van der Waals surface area (Å²) >= 11 is 1.65. The number of nitrogens with zero attached hydrogens (tertiary/aromatic N) is 2. The van der Waals surface area contributed by atoms with Gasteiger partial charge in [0.2, 0.25) is 0 Å². The highest BCUT2D eigenvalue weighted by Crippen LogP contribution is 2.24. The summed E-state index contributed by atoms with van der Waals surface area (Å²) < 4.78 is 1.84. The third-order valence-corrected chi connectivity index (χ3v) is 5.21. The number of fused-ring (bicyclic) bond motifs is 1. The molecule has 1 aromatic heterocycles. The zero-order chi connectivity index (χ0) is 16.9. The first kappa shape index (κ1) is 16.8. The van der Waals surface area contributed by atoms with E-state index in [1.54, 1.807) is 11.8 Å². The van der Waals surface area contributed by atoms with Gasteiger partial charge in [-0.25, -0.2) is 4.98 Å². The Morgan fingerprint density at radius 1 is 1.08 bits per heavy atom. The van der Waals surface area contributed by atoms with Crippen molar-refractivity contribution in [2.45, 2.75) is 44.1 Å². The van der Waals surface area contributed by atoms with Crippen molar-refractivity contribution in [1.29, 1.82) is 0 Å². The predicted molar refractivity (Wildman–Crippen MR) is 102 cm³/mol. The molecule has 0 saturated carbocycles. The minimum atomic E-state index is 0.0707. The molecule has 2 aromatic carbocycles. The second kappa shape index (κ2) is 7.67. The molecule has 0 N–H and O–H groups in total. The van der Waals surface area contributed by atoms with Crippen molar-refractivity contribution in [2.24, 2.45) is 0 Å². The lowest BCUT2D eigenvalue weighted by Crippen LogP contribution is -2.23. The summed E-state index contributed by atoms with van der Waals surface area (Å²) in [6.45, 7) is 4.98. The van der Waals surface area contributed by atoms with Crippen LogP contribution in [0.2, 0.25) is 0 Å². The highest BCUT2D eigenvalue weighted by Gasteiger charge is 2.11. The summed E-state index contributed by atoms with van der Waals surface area (Å²) in [5.41, 5.74) is 3.41. The van der Waals surface area contributed by atoms with E-state index < -0.39 is 0 Å². The Balaban J connectivity index is 1.98. The second-order valence-corrected chi connectivity index (χ2v) is 6.88. The van der Waals surface area contributed by atoms with Crippen molar-refractivity contribution in [1.82, 2.24) is 9.55 Å².